The summed E-state index contributed by atoms with van der Waals surface area (Å²) in [6.07, 6.45) is 4.20. The molecule has 4 heteroatoms. The van der Waals surface area contributed by atoms with Crippen LogP contribution in [0.25, 0.3) is 0 Å². The second kappa shape index (κ2) is 3.82. The lowest BCUT2D eigenvalue weighted by molar-refractivity contribution is 0.146. The van der Waals surface area contributed by atoms with Gasteiger partial charge in [-0.15, -0.1) is 0 Å². The van der Waals surface area contributed by atoms with Crippen LogP contribution in [0.2, 0.25) is 5.02 Å². The first-order valence-electron chi connectivity index (χ1n) is 4.18. The zero-order valence-corrected chi connectivity index (χ0v) is 8.09. The van der Waals surface area contributed by atoms with Crippen LogP contribution in [0.5, 0.6) is 0 Å². The molecule has 3 nitrogen and oxygen atoms in total. The Morgan fingerprint density at radius 1 is 1.29 bits per heavy atom. The van der Waals surface area contributed by atoms with Gasteiger partial charge in [0.15, 0.2) is 6.23 Å². The van der Waals surface area contributed by atoms with E-state index in [1.54, 1.807) is 47.6 Å². The normalized spacial score (nSPS) is 12.7. The van der Waals surface area contributed by atoms with Crippen LogP contribution in [0.15, 0.2) is 43.0 Å². The van der Waals surface area contributed by atoms with Crippen molar-refractivity contribution in [3.05, 3.63) is 53.6 Å². The molecule has 1 unspecified atom stereocenters. The number of aliphatic hydroxyl groups is 1. The van der Waals surface area contributed by atoms with E-state index >= 15 is 0 Å². The second-order valence-corrected chi connectivity index (χ2v) is 3.37. The summed E-state index contributed by atoms with van der Waals surface area (Å²) >= 11 is 5.74. The van der Waals surface area contributed by atoms with Crippen molar-refractivity contribution < 1.29 is 5.11 Å². The number of hydrogen-bond donors (Lipinski definition) is 1. The fourth-order valence-electron chi connectivity index (χ4n) is 1.22. The van der Waals surface area contributed by atoms with Crippen molar-refractivity contribution in [2.45, 2.75) is 6.23 Å². The standard InChI is InChI=1S/C10H9ClN2O/c11-9-3-1-8(2-4-9)10(14)13-6-5-12-7-13/h1-7,10,14H. The van der Waals surface area contributed by atoms with Crippen LogP contribution in [0.1, 0.15) is 11.8 Å². The van der Waals surface area contributed by atoms with Crippen LogP contribution >= 0.6 is 11.6 Å². The maximum absolute atomic E-state index is 9.85. The summed E-state index contributed by atoms with van der Waals surface area (Å²) in [4.78, 5) is 3.86. The Morgan fingerprint density at radius 3 is 2.57 bits per heavy atom. The average Bonchev–Trinajstić information content (AvgIpc) is 2.71. The number of imidazole rings is 1. The molecule has 0 spiro atoms. The Bertz CT molecular complexity index is 397. The van der Waals surface area contributed by atoms with Gasteiger partial charge in [0.1, 0.15) is 0 Å². The molecule has 1 aromatic carbocycles. The highest BCUT2D eigenvalue weighted by Gasteiger charge is 2.07. The van der Waals surface area contributed by atoms with E-state index in [9.17, 15) is 5.11 Å². The van der Waals surface area contributed by atoms with Gasteiger partial charge in [-0.25, -0.2) is 4.98 Å². The fourth-order valence-corrected chi connectivity index (χ4v) is 1.35. The molecule has 1 N–H and O–H groups in total. The predicted octanol–water partition coefficient (Wildman–Crippen LogP) is 2.08. The molecule has 2 rings (SSSR count). The zero-order chi connectivity index (χ0) is 9.97. The Labute approximate surface area is 86.6 Å². The molecule has 0 saturated carbocycles. The lowest BCUT2D eigenvalue weighted by Gasteiger charge is -2.11. The van der Waals surface area contributed by atoms with Gasteiger partial charge in [-0.1, -0.05) is 23.7 Å². The largest absolute Gasteiger partial charge is 0.369 e. The van der Waals surface area contributed by atoms with E-state index in [2.05, 4.69) is 4.98 Å². The van der Waals surface area contributed by atoms with Gasteiger partial charge < -0.3 is 9.67 Å². The quantitative estimate of drug-likeness (QED) is 0.821. The van der Waals surface area contributed by atoms with Gasteiger partial charge in [-0.05, 0) is 12.1 Å². The Hall–Kier alpha value is -1.32. The van der Waals surface area contributed by atoms with Gasteiger partial charge in [0.05, 0.1) is 6.33 Å². The highest BCUT2D eigenvalue weighted by Crippen LogP contribution is 2.17. The minimum atomic E-state index is -0.699. The average molecular weight is 209 g/mol. The molecule has 0 amide bonds. The third kappa shape index (κ3) is 1.78. The summed E-state index contributed by atoms with van der Waals surface area (Å²) in [7, 11) is 0. The lowest BCUT2D eigenvalue weighted by atomic mass is 10.2. The van der Waals surface area contributed by atoms with Gasteiger partial charge in [-0.3, -0.25) is 0 Å². The third-order valence-electron chi connectivity index (χ3n) is 1.98. The van der Waals surface area contributed by atoms with Crippen molar-refractivity contribution in [1.29, 1.82) is 0 Å². The number of hydrogen-bond acceptors (Lipinski definition) is 2. The van der Waals surface area contributed by atoms with Gasteiger partial charge in [0, 0.05) is 23.0 Å². The minimum Gasteiger partial charge on any atom is -0.369 e. The molecule has 0 radical (unpaired) electrons. The van der Waals surface area contributed by atoms with Crippen LogP contribution in [0.4, 0.5) is 0 Å². The Balaban J connectivity index is 2.28. The molecule has 0 saturated heterocycles. The number of halogens is 1. The van der Waals surface area contributed by atoms with Gasteiger partial charge in [0.25, 0.3) is 0 Å². The zero-order valence-electron chi connectivity index (χ0n) is 7.34. The summed E-state index contributed by atoms with van der Waals surface area (Å²) in [5.41, 5.74) is 0.785. The predicted molar refractivity (Wildman–Crippen MR) is 54.0 cm³/mol. The molecular weight excluding hydrogens is 200 g/mol. The Morgan fingerprint density at radius 2 is 2.00 bits per heavy atom. The van der Waals surface area contributed by atoms with Crippen LogP contribution in [-0.2, 0) is 0 Å². The molecule has 14 heavy (non-hydrogen) atoms. The lowest BCUT2D eigenvalue weighted by Crippen LogP contribution is -2.06. The van der Waals surface area contributed by atoms with Crippen molar-refractivity contribution in [2.75, 3.05) is 0 Å². The maximum atomic E-state index is 9.85. The topological polar surface area (TPSA) is 38.0 Å². The summed E-state index contributed by atoms with van der Waals surface area (Å²) in [6, 6.07) is 7.06. The van der Waals surface area contributed by atoms with E-state index in [4.69, 9.17) is 11.6 Å². The maximum Gasteiger partial charge on any atom is 0.157 e. The molecular formula is C10H9ClN2O. The molecule has 0 aliphatic heterocycles. The number of aliphatic hydroxyl groups excluding tert-OH is 1. The molecule has 72 valence electrons. The van der Waals surface area contributed by atoms with Crippen LogP contribution in [0, 0.1) is 0 Å². The molecule has 0 aliphatic rings. The third-order valence-corrected chi connectivity index (χ3v) is 2.23. The highest BCUT2D eigenvalue weighted by molar-refractivity contribution is 6.30. The van der Waals surface area contributed by atoms with Gasteiger partial charge in [-0.2, -0.15) is 0 Å². The minimum absolute atomic E-state index is 0.659. The monoisotopic (exact) mass is 208 g/mol. The second-order valence-electron chi connectivity index (χ2n) is 2.94. The molecule has 1 atom stereocenters. The number of nitrogens with zero attached hydrogens (tertiary/aromatic N) is 2. The van der Waals surface area contributed by atoms with E-state index < -0.39 is 6.23 Å². The summed E-state index contributed by atoms with van der Waals surface area (Å²) in [5, 5.41) is 10.5. The van der Waals surface area contributed by atoms with Crippen LogP contribution < -0.4 is 0 Å². The van der Waals surface area contributed by atoms with Crippen molar-refractivity contribution >= 4 is 11.6 Å². The highest BCUT2D eigenvalue weighted by atomic mass is 35.5. The van der Waals surface area contributed by atoms with E-state index in [1.807, 2.05) is 0 Å². The van der Waals surface area contributed by atoms with Crippen molar-refractivity contribution in [3.63, 3.8) is 0 Å². The smallest absolute Gasteiger partial charge is 0.157 e. The number of benzene rings is 1. The summed E-state index contributed by atoms with van der Waals surface area (Å²) < 4.78 is 1.61. The molecule has 0 aliphatic carbocycles. The molecule has 0 fully saturated rings. The molecule has 1 heterocycles. The molecule has 1 aromatic heterocycles. The first-order chi connectivity index (χ1) is 6.77. The van der Waals surface area contributed by atoms with Gasteiger partial charge >= 0.3 is 0 Å². The summed E-state index contributed by atoms with van der Waals surface area (Å²) in [5.74, 6) is 0. The van der Waals surface area contributed by atoms with Gasteiger partial charge in [0.2, 0.25) is 0 Å². The fraction of sp³-hybridized carbons (Fsp3) is 0.100. The first-order valence-corrected chi connectivity index (χ1v) is 4.56. The number of rotatable bonds is 2. The van der Waals surface area contributed by atoms with Crippen LogP contribution in [-0.4, -0.2) is 14.7 Å². The number of aromatic nitrogens is 2. The van der Waals surface area contributed by atoms with E-state index in [0.717, 1.165) is 5.56 Å². The van der Waals surface area contributed by atoms with Crippen molar-refractivity contribution in [1.82, 2.24) is 9.55 Å². The van der Waals surface area contributed by atoms with E-state index in [-0.39, 0.29) is 0 Å². The van der Waals surface area contributed by atoms with E-state index in [1.165, 1.54) is 0 Å². The molecule has 0 bridgehead atoms. The Kier molecular flexibility index (Phi) is 2.52. The first kappa shape index (κ1) is 9.24. The van der Waals surface area contributed by atoms with Crippen molar-refractivity contribution in [3.8, 4) is 0 Å². The molecule has 2 aromatic rings. The van der Waals surface area contributed by atoms with E-state index in [0.29, 0.717) is 5.02 Å². The van der Waals surface area contributed by atoms with Crippen LogP contribution in [0.3, 0.4) is 0 Å². The SMILES string of the molecule is OC(c1ccc(Cl)cc1)n1ccnc1. The van der Waals surface area contributed by atoms with Crippen molar-refractivity contribution in [2.24, 2.45) is 0 Å². The summed E-state index contributed by atoms with van der Waals surface area (Å²) in [6.45, 7) is 0.